The van der Waals surface area contributed by atoms with Gasteiger partial charge in [0.15, 0.2) is 0 Å². The zero-order chi connectivity index (χ0) is 32.7. The van der Waals surface area contributed by atoms with E-state index in [0.29, 0.717) is 13.0 Å². The highest BCUT2D eigenvalue weighted by Crippen LogP contribution is 2.65. The Labute approximate surface area is 270 Å². The van der Waals surface area contributed by atoms with Crippen molar-refractivity contribution in [2.24, 2.45) is 34.3 Å². The van der Waals surface area contributed by atoms with Crippen LogP contribution >= 0.6 is 11.8 Å². The Morgan fingerprint density at radius 1 is 1.00 bits per heavy atom. The number of piperidine rings is 1. The van der Waals surface area contributed by atoms with Crippen molar-refractivity contribution in [2.45, 2.75) is 114 Å². The molecule has 3 aliphatic carbocycles. The summed E-state index contributed by atoms with van der Waals surface area (Å²) in [4.78, 5) is 68.5. The second-order valence-electron chi connectivity index (χ2n) is 15.2. The van der Waals surface area contributed by atoms with E-state index in [2.05, 4.69) is 29.8 Å². The summed E-state index contributed by atoms with van der Waals surface area (Å²) in [6.45, 7) is 10.3. The highest BCUT2D eigenvalue weighted by atomic mass is 32.2. The van der Waals surface area contributed by atoms with Crippen LogP contribution in [-0.4, -0.2) is 64.0 Å². The Morgan fingerprint density at radius 3 is 2.22 bits per heavy atom. The largest absolute Gasteiger partial charge is 0.363 e. The number of thioether (sulfide) groups is 1. The highest BCUT2D eigenvalue weighted by molar-refractivity contribution is 8.00. The molecule has 1 aromatic carbocycles. The van der Waals surface area contributed by atoms with Crippen molar-refractivity contribution in [3.8, 4) is 0 Å². The van der Waals surface area contributed by atoms with E-state index in [9.17, 15) is 24.0 Å². The van der Waals surface area contributed by atoms with Gasteiger partial charge in [-0.2, -0.15) is 0 Å². The maximum atomic E-state index is 14.4. The van der Waals surface area contributed by atoms with E-state index >= 15 is 0 Å². The number of urea groups is 1. The first kappa shape index (κ1) is 33.3. The van der Waals surface area contributed by atoms with Crippen LogP contribution in [0.5, 0.6) is 0 Å². The first-order valence-corrected chi connectivity index (χ1v) is 17.2. The fraction of sp³-hybridized carbons (Fsp3) is 0.676. The molecular formula is C34H49N5O5S. The topological polar surface area (TPSA) is 151 Å². The molecule has 5 atom stereocenters. The second kappa shape index (κ2) is 12.6. The number of Topliss-reactive ketones (excluding diaryl/α,β-unsaturated/α-hetero) is 1. The number of fused-ring (bicyclic) bond motifs is 1. The number of ketones is 1. The number of nitrogens with one attached hydrogen (secondary N) is 3. The van der Waals surface area contributed by atoms with E-state index in [0.717, 1.165) is 49.8 Å². The van der Waals surface area contributed by atoms with Gasteiger partial charge in [-0.25, -0.2) is 4.79 Å². The lowest BCUT2D eigenvalue weighted by molar-refractivity contribution is -0.145. The van der Waals surface area contributed by atoms with E-state index in [-0.39, 0.29) is 29.1 Å². The van der Waals surface area contributed by atoms with Crippen molar-refractivity contribution in [1.29, 1.82) is 0 Å². The average Bonchev–Trinajstić information content (AvgIpc) is 3.82. The van der Waals surface area contributed by atoms with Gasteiger partial charge in [-0.3, -0.25) is 19.2 Å². The Hall–Kier alpha value is -3.08. The molecule has 5 rings (SSSR count). The van der Waals surface area contributed by atoms with Gasteiger partial charge < -0.3 is 26.6 Å². The van der Waals surface area contributed by atoms with Crippen molar-refractivity contribution in [3.63, 3.8) is 0 Å². The van der Waals surface area contributed by atoms with Crippen molar-refractivity contribution in [3.05, 3.63) is 30.3 Å². The molecule has 1 aromatic rings. The summed E-state index contributed by atoms with van der Waals surface area (Å²) in [6.07, 6.45) is 7.02. The molecule has 10 nitrogen and oxygen atoms in total. The predicted octanol–water partition coefficient (Wildman–Crippen LogP) is 3.98. The molecule has 2 unspecified atom stereocenters. The summed E-state index contributed by atoms with van der Waals surface area (Å²) in [5, 5.41) is 9.06. The first-order chi connectivity index (χ1) is 21.1. The summed E-state index contributed by atoms with van der Waals surface area (Å²) in [7, 11) is 0. The molecule has 1 saturated heterocycles. The number of amides is 5. The first-order valence-electron chi connectivity index (χ1n) is 16.4. The molecule has 3 saturated carbocycles. The van der Waals surface area contributed by atoms with Gasteiger partial charge in [0.25, 0.3) is 5.91 Å². The quantitative estimate of drug-likeness (QED) is 0.213. The van der Waals surface area contributed by atoms with Crippen molar-refractivity contribution in [2.75, 3.05) is 6.54 Å². The zero-order valence-electron chi connectivity index (χ0n) is 27.2. The summed E-state index contributed by atoms with van der Waals surface area (Å²) in [5.41, 5.74) is 4.52. The average molecular weight is 640 g/mol. The zero-order valence-corrected chi connectivity index (χ0v) is 28.0. The number of carbonyl (C=O) groups is 5. The van der Waals surface area contributed by atoms with Crippen LogP contribution in [0.25, 0.3) is 0 Å². The summed E-state index contributed by atoms with van der Waals surface area (Å²) >= 11 is 1.66. The Bertz CT molecular complexity index is 1320. The molecule has 0 spiro atoms. The third-order valence-corrected chi connectivity index (χ3v) is 11.8. The number of hydrogen-bond acceptors (Lipinski definition) is 6. The third kappa shape index (κ3) is 7.34. The molecule has 5 amide bonds. The van der Waals surface area contributed by atoms with Gasteiger partial charge in [-0.1, -0.05) is 96.7 Å². The molecule has 4 aliphatic rings. The highest BCUT2D eigenvalue weighted by Gasteiger charge is 2.70. The molecular weight excluding hydrogens is 590 g/mol. The van der Waals surface area contributed by atoms with Gasteiger partial charge in [0.2, 0.25) is 17.6 Å². The number of hydrogen-bond donors (Lipinski definition) is 4. The van der Waals surface area contributed by atoms with Gasteiger partial charge in [0, 0.05) is 11.4 Å². The third-order valence-electron chi connectivity index (χ3n) is 10.3. The lowest BCUT2D eigenvalue weighted by Crippen LogP contribution is -2.62. The van der Waals surface area contributed by atoms with Crippen LogP contribution in [0.4, 0.5) is 4.79 Å². The minimum Gasteiger partial charge on any atom is -0.363 e. The number of carbonyl (C=O) groups excluding carboxylic acids is 5. The molecule has 11 heteroatoms. The molecule has 0 bridgehead atoms. The second-order valence-corrected chi connectivity index (χ2v) is 16.7. The minimum atomic E-state index is -1.07. The molecule has 4 fully saturated rings. The van der Waals surface area contributed by atoms with E-state index in [1.165, 1.54) is 0 Å². The van der Waals surface area contributed by atoms with Gasteiger partial charge in [-0.05, 0) is 60.0 Å². The van der Waals surface area contributed by atoms with Crippen molar-refractivity contribution >= 4 is 41.3 Å². The van der Waals surface area contributed by atoms with E-state index in [4.69, 9.17) is 5.73 Å². The van der Waals surface area contributed by atoms with Gasteiger partial charge >= 0.3 is 6.03 Å². The molecule has 45 heavy (non-hydrogen) atoms. The van der Waals surface area contributed by atoms with E-state index in [1.54, 1.807) is 16.7 Å². The van der Waals surface area contributed by atoms with E-state index in [1.807, 2.05) is 51.1 Å². The SMILES string of the molecule is CC(C)(C)[C@H](NC(=O)NC1(Sc2ccccc2)CCCCC1)C(=O)N1CC2[C@@H]([C@H]1C(=O)NC(CC1CC1)C(=O)C(N)=O)C2(C)C. The fourth-order valence-corrected chi connectivity index (χ4v) is 8.82. The maximum Gasteiger partial charge on any atom is 0.316 e. The number of nitrogens with two attached hydrogens (primary N) is 1. The van der Waals surface area contributed by atoms with Crippen LogP contribution in [0, 0.1) is 28.6 Å². The molecule has 0 radical (unpaired) electrons. The summed E-state index contributed by atoms with van der Waals surface area (Å²) in [6, 6.07) is 6.90. The van der Waals surface area contributed by atoms with Crippen LogP contribution in [0.15, 0.2) is 35.2 Å². The lowest BCUT2D eigenvalue weighted by atomic mass is 9.85. The molecule has 0 aromatic heterocycles. The molecule has 246 valence electrons. The summed E-state index contributed by atoms with van der Waals surface area (Å²) in [5.74, 6) is -2.36. The van der Waals surface area contributed by atoms with Crippen molar-refractivity contribution < 1.29 is 24.0 Å². The van der Waals surface area contributed by atoms with Crippen molar-refractivity contribution in [1.82, 2.24) is 20.9 Å². The number of rotatable bonds is 11. The number of likely N-dealkylation sites (tertiary alicyclic amines) is 1. The molecule has 1 heterocycles. The summed E-state index contributed by atoms with van der Waals surface area (Å²) < 4.78 is 0. The van der Waals surface area contributed by atoms with Crippen LogP contribution in [0.1, 0.15) is 86.0 Å². The number of primary amides is 1. The Kier molecular flexibility index (Phi) is 9.33. The standard InChI is InChI=1S/C34H49N5O5S/c1-32(2,3)27(37-31(44)38-34(16-10-7-11-17-34)45-21-12-8-6-9-13-21)30(43)39-19-22-24(33(22,4)5)25(39)29(42)36-23(18-20-14-15-20)26(40)28(35)41/h6,8-9,12-13,20,22-25,27H,7,10-11,14-19H2,1-5H3,(H2,35,41)(H,36,42)(H2,37,38,44)/t22?,23?,24-,25-,27+/m0/s1. The maximum absolute atomic E-state index is 14.4. The van der Waals surface area contributed by atoms with Gasteiger partial charge in [0.05, 0.1) is 10.9 Å². The van der Waals surface area contributed by atoms with Crippen LogP contribution < -0.4 is 21.7 Å². The van der Waals surface area contributed by atoms with Crippen LogP contribution in [-0.2, 0) is 19.2 Å². The normalized spacial score (nSPS) is 26.2. The molecule has 1 aliphatic heterocycles. The number of benzene rings is 1. The smallest absolute Gasteiger partial charge is 0.316 e. The van der Waals surface area contributed by atoms with Crippen LogP contribution in [0.3, 0.4) is 0 Å². The minimum absolute atomic E-state index is 0.0890. The lowest BCUT2D eigenvalue weighted by Gasteiger charge is -2.40. The Morgan fingerprint density at radius 2 is 1.64 bits per heavy atom. The molecule has 5 N–H and O–H groups in total. The van der Waals surface area contributed by atoms with Crippen LogP contribution in [0.2, 0.25) is 0 Å². The van der Waals surface area contributed by atoms with E-state index < -0.39 is 52.0 Å². The van der Waals surface area contributed by atoms with Gasteiger partial charge in [-0.15, -0.1) is 0 Å². The monoisotopic (exact) mass is 639 g/mol. The Balaban J connectivity index is 1.33. The number of nitrogens with zero attached hydrogens (tertiary/aromatic N) is 1. The van der Waals surface area contributed by atoms with Gasteiger partial charge in [0.1, 0.15) is 12.1 Å². The fourth-order valence-electron chi connectivity index (χ4n) is 7.44. The predicted molar refractivity (Wildman–Crippen MR) is 173 cm³/mol.